The van der Waals surface area contributed by atoms with E-state index in [1.807, 2.05) is 49.0 Å². The number of nitrogens with one attached hydrogen (secondary N) is 1. The maximum atomic E-state index is 12.3. The Hall–Kier alpha value is -2.96. The third kappa shape index (κ3) is 3.45. The molecule has 118 valence electrons. The van der Waals surface area contributed by atoms with Crippen molar-refractivity contribution in [1.82, 2.24) is 29.6 Å². The van der Waals surface area contributed by atoms with E-state index in [0.717, 1.165) is 11.4 Å². The lowest BCUT2D eigenvalue weighted by Crippen LogP contribution is -2.35. The molecule has 0 bridgehead atoms. The van der Waals surface area contributed by atoms with E-state index in [0.29, 0.717) is 12.1 Å². The largest absolute Gasteiger partial charge is 0.348 e. The molecule has 2 heterocycles. The highest BCUT2D eigenvalue weighted by molar-refractivity contribution is 5.94. The van der Waals surface area contributed by atoms with Crippen LogP contribution in [-0.2, 0) is 13.6 Å². The summed E-state index contributed by atoms with van der Waals surface area (Å²) < 4.78 is 3.63. The fraction of sp³-hybridized carbons (Fsp3) is 0.250. The first-order valence-electron chi connectivity index (χ1n) is 7.34. The van der Waals surface area contributed by atoms with Gasteiger partial charge in [0.05, 0.1) is 6.54 Å². The first-order valence-corrected chi connectivity index (χ1v) is 7.34. The Kier molecular flexibility index (Phi) is 4.18. The second-order valence-electron chi connectivity index (χ2n) is 5.43. The van der Waals surface area contributed by atoms with Crippen LogP contribution in [0, 0.1) is 0 Å². The monoisotopic (exact) mass is 310 g/mol. The highest BCUT2D eigenvalue weighted by Crippen LogP contribution is 2.17. The zero-order valence-corrected chi connectivity index (χ0v) is 13.0. The van der Waals surface area contributed by atoms with Crippen LogP contribution in [0.5, 0.6) is 0 Å². The predicted molar refractivity (Wildman–Crippen MR) is 85.6 cm³/mol. The molecule has 2 aromatic heterocycles. The van der Waals surface area contributed by atoms with Crippen LogP contribution in [0.2, 0.25) is 0 Å². The molecule has 23 heavy (non-hydrogen) atoms. The van der Waals surface area contributed by atoms with Gasteiger partial charge in [0.15, 0.2) is 0 Å². The number of carbonyl (C=O) groups excluding carboxylic acids is 1. The molecule has 1 N–H and O–H groups in total. The van der Waals surface area contributed by atoms with E-state index < -0.39 is 0 Å². The molecule has 0 aliphatic heterocycles. The molecule has 7 heteroatoms. The number of imidazole rings is 1. The zero-order chi connectivity index (χ0) is 16.2. The molecule has 0 saturated carbocycles. The number of nitrogens with zero attached hydrogens (tertiary/aromatic N) is 5. The normalized spacial score (nSPS) is 12.1. The Morgan fingerprint density at radius 3 is 2.70 bits per heavy atom. The van der Waals surface area contributed by atoms with Crippen molar-refractivity contribution in [3.63, 3.8) is 0 Å². The van der Waals surface area contributed by atoms with Crippen molar-refractivity contribution >= 4 is 5.91 Å². The number of benzene rings is 1. The molecule has 7 nitrogen and oxygen atoms in total. The van der Waals surface area contributed by atoms with Crippen molar-refractivity contribution in [1.29, 1.82) is 0 Å². The van der Waals surface area contributed by atoms with Crippen molar-refractivity contribution in [3.05, 3.63) is 54.9 Å². The van der Waals surface area contributed by atoms with E-state index >= 15 is 0 Å². The molecule has 1 amide bonds. The summed E-state index contributed by atoms with van der Waals surface area (Å²) >= 11 is 0. The lowest BCUT2D eigenvalue weighted by atomic mass is 10.1. The van der Waals surface area contributed by atoms with E-state index in [1.165, 1.54) is 6.33 Å². The molecular weight excluding hydrogens is 292 g/mol. The van der Waals surface area contributed by atoms with Gasteiger partial charge in [0, 0.05) is 36.6 Å². The third-order valence-electron chi connectivity index (χ3n) is 3.53. The summed E-state index contributed by atoms with van der Waals surface area (Å²) in [5, 5.41) is 6.98. The van der Waals surface area contributed by atoms with E-state index in [9.17, 15) is 4.79 Å². The van der Waals surface area contributed by atoms with Crippen LogP contribution in [0.4, 0.5) is 0 Å². The van der Waals surface area contributed by atoms with Crippen LogP contribution in [0.1, 0.15) is 17.3 Å². The van der Waals surface area contributed by atoms with Gasteiger partial charge in [-0.1, -0.05) is 12.1 Å². The number of aryl methyl sites for hydroxylation is 1. The summed E-state index contributed by atoms with van der Waals surface area (Å²) in [5.41, 5.74) is 1.60. The number of amides is 1. The van der Waals surface area contributed by atoms with Crippen molar-refractivity contribution in [2.75, 3.05) is 0 Å². The van der Waals surface area contributed by atoms with Crippen LogP contribution in [0.15, 0.2) is 49.3 Å². The Bertz CT molecular complexity index is 775. The van der Waals surface area contributed by atoms with Crippen LogP contribution in [0.3, 0.4) is 0 Å². The van der Waals surface area contributed by atoms with Crippen molar-refractivity contribution in [3.8, 4) is 11.4 Å². The van der Waals surface area contributed by atoms with Crippen molar-refractivity contribution in [2.24, 2.45) is 7.05 Å². The van der Waals surface area contributed by atoms with Crippen molar-refractivity contribution < 1.29 is 4.79 Å². The fourth-order valence-electron chi connectivity index (χ4n) is 2.37. The Labute approximate surface area is 134 Å². The average molecular weight is 310 g/mol. The topological polar surface area (TPSA) is 77.6 Å². The van der Waals surface area contributed by atoms with Crippen LogP contribution in [0.25, 0.3) is 11.4 Å². The second-order valence-corrected chi connectivity index (χ2v) is 5.43. The first kappa shape index (κ1) is 15.0. The van der Waals surface area contributed by atoms with Gasteiger partial charge >= 0.3 is 0 Å². The summed E-state index contributed by atoms with van der Waals surface area (Å²) in [6.45, 7) is 2.51. The number of hydrogen-bond acceptors (Lipinski definition) is 4. The minimum Gasteiger partial charge on any atom is -0.348 e. The Morgan fingerprint density at radius 1 is 1.30 bits per heavy atom. The summed E-state index contributed by atoms with van der Waals surface area (Å²) in [6.07, 6.45) is 6.75. The van der Waals surface area contributed by atoms with E-state index in [1.54, 1.807) is 17.2 Å². The lowest BCUT2D eigenvalue weighted by Gasteiger charge is -2.13. The van der Waals surface area contributed by atoms with Gasteiger partial charge < -0.3 is 9.88 Å². The SMILES string of the molecule is CC(Cn1cncn1)NC(=O)c1ccc(-c2nccn2C)cc1. The molecule has 0 aliphatic rings. The molecule has 3 aromatic rings. The van der Waals surface area contributed by atoms with E-state index in [4.69, 9.17) is 0 Å². The van der Waals surface area contributed by atoms with Gasteiger partial charge in [-0.2, -0.15) is 5.10 Å². The van der Waals surface area contributed by atoms with Gasteiger partial charge in [-0.3, -0.25) is 9.48 Å². The number of hydrogen-bond donors (Lipinski definition) is 1. The smallest absolute Gasteiger partial charge is 0.251 e. The van der Waals surface area contributed by atoms with E-state index in [2.05, 4.69) is 20.4 Å². The highest BCUT2D eigenvalue weighted by atomic mass is 16.1. The van der Waals surface area contributed by atoms with Crippen LogP contribution < -0.4 is 5.32 Å². The molecule has 1 atom stereocenters. The van der Waals surface area contributed by atoms with Crippen LogP contribution >= 0.6 is 0 Å². The van der Waals surface area contributed by atoms with Gasteiger partial charge in [0.25, 0.3) is 5.91 Å². The molecule has 0 spiro atoms. The van der Waals surface area contributed by atoms with Gasteiger partial charge in [0.1, 0.15) is 18.5 Å². The number of carbonyl (C=O) groups is 1. The van der Waals surface area contributed by atoms with Crippen molar-refractivity contribution in [2.45, 2.75) is 19.5 Å². The molecule has 0 saturated heterocycles. The van der Waals surface area contributed by atoms with E-state index in [-0.39, 0.29) is 11.9 Å². The molecule has 0 radical (unpaired) electrons. The van der Waals surface area contributed by atoms with Gasteiger partial charge in [0.2, 0.25) is 0 Å². The quantitative estimate of drug-likeness (QED) is 0.774. The molecule has 1 aromatic carbocycles. The molecule has 3 rings (SSSR count). The maximum absolute atomic E-state index is 12.3. The third-order valence-corrected chi connectivity index (χ3v) is 3.53. The Balaban J connectivity index is 1.65. The zero-order valence-electron chi connectivity index (χ0n) is 13.0. The van der Waals surface area contributed by atoms with Gasteiger partial charge in [-0.05, 0) is 19.1 Å². The summed E-state index contributed by atoms with van der Waals surface area (Å²) in [4.78, 5) is 20.5. The highest BCUT2D eigenvalue weighted by Gasteiger charge is 2.11. The number of aromatic nitrogens is 5. The molecular formula is C16H18N6O. The maximum Gasteiger partial charge on any atom is 0.251 e. The molecule has 0 aliphatic carbocycles. The second kappa shape index (κ2) is 6.43. The molecule has 1 unspecified atom stereocenters. The average Bonchev–Trinajstić information content (AvgIpc) is 3.19. The lowest BCUT2D eigenvalue weighted by molar-refractivity contribution is 0.0936. The number of rotatable bonds is 5. The predicted octanol–water partition coefficient (Wildman–Crippen LogP) is 1.50. The summed E-state index contributed by atoms with van der Waals surface area (Å²) in [7, 11) is 1.94. The fourth-order valence-corrected chi connectivity index (χ4v) is 2.37. The van der Waals surface area contributed by atoms with Gasteiger partial charge in [-0.15, -0.1) is 0 Å². The molecule has 0 fully saturated rings. The standard InChI is InChI=1S/C16H18N6O/c1-12(9-22-11-17-10-19-22)20-16(23)14-5-3-13(4-6-14)15-18-7-8-21(15)2/h3-8,10-12H,9H2,1-2H3,(H,20,23). The summed E-state index contributed by atoms with van der Waals surface area (Å²) in [5.74, 6) is 0.764. The summed E-state index contributed by atoms with van der Waals surface area (Å²) in [6, 6.07) is 7.38. The van der Waals surface area contributed by atoms with Crippen LogP contribution in [-0.4, -0.2) is 36.3 Å². The Morgan fingerprint density at radius 2 is 2.09 bits per heavy atom. The minimum absolute atomic E-state index is 0.0431. The first-order chi connectivity index (χ1) is 11.1. The minimum atomic E-state index is -0.107. The van der Waals surface area contributed by atoms with Gasteiger partial charge in [-0.25, -0.2) is 9.97 Å².